The Labute approximate surface area is 190 Å². The van der Waals surface area contributed by atoms with Crippen molar-refractivity contribution in [1.29, 1.82) is 0 Å². The van der Waals surface area contributed by atoms with Crippen molar-refractivity contribution in [2.75, 3.05) is 38.0 Å². The second-order valence-electron chi connectivity index (χ2n) is 8.13. The van der Waals surface area contributed by atoms with Crippen molar-refractivity contribution < 1.29 is 4.79 Å². The number of carbonyl (C=O) groups is 1. The fourth-order valence-electron chi connectivity index (χ4n) is 3.95. The van der Waals surface area contributed by atoms with Gasteiger partial charge in [0.25, 0.3) is 0 Å². The smallest absolute Gasteiger partial charge is 0.238 e. The molecule has 1 saturated heterocycles. The maximum atomic E-state index is 12.3. The Hall–Kier alpha value is -2.33. The average Bonchev–Trinajstić information content (AvgIpc) is 3.35. The van der Waals surface area contributed by atoms with Crippen molar-refractivity contribution in [1.82, 2.24) is 24.1 Å². The minimum atomic E-state index is 0.0330. The highest BCUT2D eigenvalue weighted by molar-refractivity contribution is 7.71. The van der Waals surface area contributed by atoms with Gasteiger partial charge in [-0.05, 0) is 48.6 Å². The third-order valence-electron chi connectivity index (χ3n) is 5.75. The number of amides is 1. The summed E-state index contributed by atoms with van der Waals surface area (Å²) in [6, 6.07) is 14.3. The van der Waals surface area contributed by atoms with Crippen LogP contribution in [0.15, 0.2) is 47.8 Å². The quantitative estimate of drug-likeness (QED) is 0.552. The lowest BCUT2D eigenvalue weighted by Gasteiger charge is -2.33. The number of nitrogens with one attached hydrogen (secondary N) is 1. The maximum Gasteiger partial charge on any atom is 0.238 e. The number of thiophene rings is 1. The summed E-state index contributed by atoms with van der Waals surface area (Å²) < 4.78 is 5.03. The summed E-state index contributed by atoms with van der Waals surface area (Å²) in [6.07, 6.45) is 2.37. The third kappa shape index (κ3) is 4.79. The zero-order valence-electron chi connectivity index (χ0n) is 17.3. The van der Waals surface area contributed by atoms with Gasteiger partial charge in [-0.15, -0.1) is 16.4 Å². The minimum Gasteiger partial charge on any atom is -0.325 e. The van der Waals surface area contributed by atoms with Gasteiger partial charge in [0.05, 0.1) is 18.1 Å². The van der Waals surface area contributed by atoms with Gasteiger partial charge in [-0.2, -0.15) is 0 Å². The van der Waals surface area contributed by atoms with E-state index in [0.29, 0.717) is 19.3 Å². The lowest BCUT2D eigenvalue weighted by molar-refractivity contribution is -0.117. The Morgan fingerprint density at radius 3 is 2.48 bits per heavy atom. The van der Waals surface area contributed by atoms with E-state index in [4.69, 9.17) is 17.3 Å². The maximum absolute atomic E-state index is 12.3. The van der Waals surface area contributed by atoms with E-state index in [2.05, 4.69) is 37.2 Å². The highest BCUT2D eigenvalue weighted by atomic mass is 32.1. The fraction of sp³-hybridized carbons (Fsp3) is 0.409. The van der Waals surface area contributed by atoms with Crippen LogP contribution >= 0.6 is 23.6 Å². The molecule has 1 aliphatic heterocycles. The van der Waals surface area contributed by atoms with E-state index in [1.54, 1.807) is 11.3 Å². The number of benzene rings is 1. The predicted octanol–water partition coefficient (Wildman–Crippen LogP) is 3.69. The van der Waals surface area contributed by atoms with Gasteiger partial charge >= 0.3 is 0 Å². The summed E-state index contributed by atoms with van der Waals surface area (Å²) in [5.74, 6) is 1.03. The predicted molar refractivity (Wildman–Crippen MR) is 126 cm³/mol. The number of anilines is 1. The monoisotopic (exact) mass is 454 g/mol. The summed E-state index contributed by atoms with van der Waals surface area (Å²) in [5, 5.41) is 9.94. The molecule has 0 bridgehead atoms. The van der Waals surface area contributed by atoms with Crippen LogP contribution in [-0.4, -0.2) is 62.8 Å². The van der Waals surface area contributed by atoms with Crippen LogP contribution < -0.4 is 5.32 Å². The van der Waals surface area contributed by atoms with E-state index in [0.717, 1.165) is 42.5 Å². The number of carbonyl (C=O) groups excluding carboxylic acids is 1. The van der Waals surface area contributed by atoms with Crippen LogP contribution in [0.1, 0.15) is 18.9 Å². The molecule has 7 nitrogen and oxygen atoms in total. The van der Waals surface area contributed by atoms with Gasteiger partial charge in [0, 0.05) is 37.9 Å². The molecule has 162 valence electrons. The van der Waals surface area contributed by atoms with Crippen LogP contribution in [0.3, 0.4) is 0 Å². The summed E-state index contributed by atoms with van der Waals surface area (Å²) >= 11 is 7.50. The first-order chi connectivity index (χ1) is 15.2. The topological polar surface area (TPSA) is 58.3 Å². The van der Waals surface area contributed by atoms with Gasteiger partial charge in [-0.3, -0.25) is 19.2 Å². The first-order valence-electron chi connectivity index (χ1n) is 10.7. The lowest BCUT2D eigenvalue weighted by atomic mass is 10.3. The Morgan fingerprint density at radius 2 is 1.81 bits per heavy atom. The van der Waals surface area contributed by atoms with E-state index in [-0.39, 0.29) is 5.91 Å². The standard InChI is InChI=1S/C22H26N6OS2/c29-20(23-17-5-2-1-3-6-17)15-25-10-12-26(13-11-25)16-27-22(30)28(18-8-9-18)21(24-27)19-7-4-14-31-19/h1-7,14,18H,8-13,15-16H2,(H,23,29). The molecule has 2 aromatic heterocycles. The van der Waals surface area contributed by atoms with Gasteiger partial charge < -0.3 is 5.32 Å². The van der Waals surface area contributed by atoms with E-state index >= 15 is 0 Å². The molecular formula is C22H26N6OS2. The number of nitrogens with zero attached hydrogens (tertiary/aromatic N) is 5. The van der Waals surface area contributed by atoms with Crippen molar-refractivity contribution in [3.8, 4) is 10.7 Å². The van der Waals surface area contributed by atoms with Crippen LogP contribution in [-0.2, 0) is 11.5 Å². The molecule has 0 atom stereocenters. The summed E-state index contributed by atoms with van der Waals surface area (Å²) in [5.41, 5.74) is 0.841. The molecular weight excluding hydrogens is 428 g/mol. The normalized spacial score (nSPS) is 17.7. The van der Waals surface area contributed by atoms with Crippen LogP contribution in [0.4, 0.5) is 5.69 Å². The molecule has 1 aliphatic carbocycles. The molecule has 0 radical (unpaired) electrons. The largest absolute Gasteiger partial charge is 0.325 e. The van der Waals surface area contributed by atoms with Crippen LogP contribution in [0.25, 0.3) is 10.7 Å². The highest BCUT2D eigenvalue weighted by Gasteiger charge is 2.30. The molecule has 1 aromatic carbocycles. The van der Waals surface area contributed by atoms with E-state index in [1.165, 1.54) is 17.7 Å². The Morgan fingerprint density at radius 1 is 1.06 bits per heavy atom. The zero-order valence-corrected chi connectivity index (χ0v) is 18.9. The first-order valence-corrected chi connectivity index (χ1v) is 12.0. The molecule has 1 saturated carbocycles. The number of para-hydroxylation sites is 1. The third-order valence-corrected chi connectivity index (χ3v) is 7.02. The fourth-order valence-corrected chi connectivity index (χ4v) is 4.99. The van der Waals surface area contributed by atoms with Crippen LogP contribution in [0.5, 0.6) is 0 Å². The molecule has 9 heteroatoms. The molecule has 2 aliphatic rings. The SMILES string of the molecule is O=C(CN1CCN(Cn2nc(-c3cccs3)n(C3CC3)c2=S)CC1)Nc1ccccc1. The van der Waals surface area contributed by atoms with Crippen molar-refractivity contribution in [3.63, 3.8) is 0 Å². The molecule has 1 amide bonds. The van der Waals surface area contributed by atoms with Gasteiger partial charge in [0.15, 0.2) is 10.6 Å². The summed E-state index contributed by atoms with van der Waals surface area (Å²) in [4.78, 5) is 18.1. The molecule has 2 fully saturated rings. The van der Waals surface area contributed by atoms with Crippen molar-refractivity contribution in [2.45, 2.75) is 25.6 Å². The molecule has 1 N–H and O–H groups in total. The van der Waals surface area contributed by atoms with Crippen molar-refractivity contribution in [2.24, 2.45) is 0 Å². The summed E-state index contributed by atoms with van der Waals surface area (Å²) in [6.45, 7) is 4.62. The van der Waals surface area contributed by atoms with Crippen molar-refractivity contribution >= 4 is 35.1 Å². The number of hydrogen-bond donors (Lipinski definition) is 1. The van der Waals surface area contributed by atoms with Crippen molar-refractivity contribution in [3.05, 3.63) is 52.6 Å². The lowest BCUT2D eigenvalue weighted by Crippen LogP contribution is -2.49. The van der Waals surface area contributed by atoms with Gasteiger partial charge in [-0.25, -0.2) is 4.68 Å². The number of piperazine rings is 1. The second-order valence-corrected chi connectivity index (χ2v) is 9.45. The molecule has 5 rings (SSSR count). The van der Waals surface area contributed by atoms with E-state index < -0.39 is 0 Å². The van der Waals surface area contributed by atoms with Crippen LogP contribution in [0, 0.1) is 4.77 Å². The zero-order chi connectivity index (χ0) is 21.2. The Balaban J connectivity index is 1.18. The number of rotatable bonds is 7. The first kappa shape index (κ1) is 20.6. The molecule has 31 heavy (non-hydrogen) atoms. The van der Waals surface area contributed by atoms with E-state index in [9.17, 15) is 4.79 Å². The van der Waals surface area contributed by atoms with Gasteiger partial charge in [0.1, 0.15) is 0 Å². The second kappa shape index (κ2) is 9.04. The average molecular weight is 455 g/mol. The molecule has 0 spiro atoms. The number of aromatic nitrogens is 3. The van der Waals surface area contributed by atoms with Gasteiger partial charge in [0.2, 0.25) is 5.91 Å². The van der Waals surface area contributed by atoms with Crippen LogP contribution in [0.2, 0.25) is 0 Å². The molecule has 3 heterocycles. The van der Waals surface area contributed by atoms with E-state index in [1.807, 2.05) is 35.0 Å². The molecule has 0 unspecified atom stereocenters. The Kier molecular flexibility index (Phi) is 5.99. The molecule has 3 aromatic rings. The minimum absolute atomic E-state index is 0.0330. The number of hydrogen-bond acceptors (Lipinski definition) is 6. The highest BCUT2D eigenvalue weighted by Crippen LogP contribution is 2.39. The Bertz CT molecular complexity index is 1080. The summed E-state index contributed by atoms with van der Waals surface area (Å²) in [7, 11) is 0. The van der Waals surface area contributed by atoms with Gasteiger partial charge in [-0.1, -0.05) is 24.3 Å².